The van der Waals surface area contributed by atoms with Crippen molar-refractivity contribution in [2.45, 2.75) is 0 Å². The van der Waals surface area contributed by atoms with Crippen LogP contribution in [0.1, 0.15) is 10.4 Å². The highest BCUT2D eigenvalue weighted by atomic mass is 16.4. The predicted octanol–water partition coefficient (Wildman–Crippen LogP) is 4.04. The molecule has 0 bridgehead atoms. The molecule has 9 nitrogen and oxygen atoms in total. The Morgan fingerprint density at radius 1 is 1.13 bits per heavy atom. The Kier molecular flexibility index (Phi) is 4.06. The molecule has 2 aromatic carbocycles. The van der Waals surface area contributed by atoms with Gasteiger partial charge in [0, 0.05) is 41.4 Å². The number of aromatic carboxylic acids is 1. The first kappa shape index (κ1) is 17.7. The summed E-state index contributed by atoms with van der Waals surface area (Å²) in [4.78, 5) is 25.5. The fraction of sp³-hybridized carbons (Fsp3) is 0.0476. The van der Waals surface area contributed by atoms with Gasteiger partial charge in [-0.1, -0.05) is 0 Å². The molecule has 30 heavy (non-hydrogen) atoms. The van der Waals surface area contributed by atoms with E-state index in [0.29, 0.717) is 23.0 Å². The average Bonchev–Trinajstić information content (AvgIpc) is 3.42. The first-order valence-corrected chi connectivity index (χ1v) is 9.20. The van der Waals surface area contributed by atoms with Crippen LogP contribution in [0, 0.1) is 0 Å². The summed E-state index contributed by atoms with van der Waals surface area (Å²) >= 11 is 0. The summed E-state index contributed by atoms with van der Waals surface area (Å²) < 4.78 is 0. The van der Waals surface area contributed by atoms with E-state index in [-0.39, 0.29) is 5.56 Å². The molecule has 5 rings (SSSR count). The third-order valence-corrected chi connectivity index (χ3v) is 4.96. The van der Waals surface area contributed by atoms with Crippen LogP contribution in [0.2, 0.25) is 0 Å². The Morgan fingerprint density at radius 3 is 2.90 bits per heavy atom. The van der Waals surface area contributed by atoms with E-state index in [9.17, 15) is 9.90 Å². The maximum atomic E-state index is 11.4. The van der Waals surface area contributed by atoms with Gasteiger partial charge in [-0.25, -0.2) is 9.78 Å². The second-order valence-electron chi connectivity index (χ2n) is 6.83. The van der Waals surface area contributed by atoms with Crippen molar-refractivity contribution in [3.8, 4) is 0 Å². The van der Waals surface area contributed by atoms with E-state index in [4.69, 9.17) is 0 Å². The largest absolute Gasteiger partial charge is 0.478 e. The molecule has 5 aromatic rings. The average molecular weight is 399 g/mol. The molecule has 0 fully saturated rings. The fourth-order valence-electron chi connectivity index (χ4n) is 3.38. The molecule has 0 spiro atoms. The number of aromatic nitrogens is 5. The monoisotopic (exact) mass is 399 g/mol. The highest BCUT2D eigenvalue weighted by molar-refractivity contribution is 6.00. The number of benzene rings is 2. The molecule has 0 saturated heterocycles. The molecule has 0 radical (unpaired) electrons. The molecule has 3 aromatic heterocycles. The van der Waals surface area contributed by atoms with Gasteiger partial charge in [-0.05, 0) is 42.5 Å². The molecule has 0 atom stereocenters. The molecule has 0 saturated carbocycles. The molecule has 0 aliphatic rings. The number of H-pyrrole nitrogens is 2. The third-order valence-electron chi connectivity index (χ3n) is 4.96. The fourth-order valence-corrected chi connectivity index (χ4v) is 3.38. The number of carbonyl (C=O) groups is 1. The maximum absolute atomic E-state index is 11.4. The maximum Gasteiger partial charge on any atom is 0.335 e. The van der Waals surface area contributed by atoms with E-state index in [0.717, 1.165) is 22.0 Å². The number of carboxylic acid groups (broad SMARTS) is 1. The lowest BCUT2D eigenvalue weighted by Gasteiger charge is -2.19. The van der Waals surface area contributed by atoms with Crippen LogP contribution in [-0.4, -0.2) is 43.3 Å². The zero-order valence-electron chi connectivity index (χ0n) is 15.9. The van der Waals surface area contributed by atoms with Crippen LogP contribution in [0.5, 0.6) is 0 Å². The van der Waals surface area contributed by atoms with E-state index >= 15 is 0 Å². The van der Waals surface area contributed by atoms with Crippen molar-refractivity contribution in [3.05, 3.63) is 66.6 Å². The van der Waals surface area contributed by atoms with Gasteiger partial charge in [0.15, 0.2) is 0 Å². The molecule has 3 heterocycles. The summed E-state index contributed by atoms with van der Waals surface area (Å²) in [6, 6.07) is 13.0. The highest BCUT2D eigenvalue weighted by Gasteiger charge is 2.13. The number of fused-ring (bicyclic) bond motifs is 2. The topological polar surface area (TPSA) is 123 Å². The summed E-state index contributed by atoms with van der Waals surface area (Å²) in [5.74, 6) is 0.0245. The SMILES string of the molecule is CN(c1ccc2[nH]ccc2c1)c1ccnc(Nc2cc(C(=O)O)cc3[nH]ncc23)n1. The van der Waals surface area contributed by atoms with Crippen molar-refractivity contribution in [3.63, 3.8) is 0 Å². The molecule has 0 aliphatic carbocycles. The second kappa shape index (κ2) is 6.89. The summed E-state index contributed by atoms with van der Waals surface area (Å²) in [5, 5.41) is 21.2. The Bertz CT molecular complexity index is 1390. The third kappa shape index (κ3) is 3.08. The minimum Gasteiger partial charge on any atom is -0.478 e. The Labute approximate surface area is 170 Å². The molecule has 9 heteroatoms. The van der Waals surface area contributed by atoms with Gasteiger partial charge in [0.2, 0.25) is 5.95 Å². The summed E-state index contributed by atoms with van der Waals surface area (Å²) in [6.45, 7) is 0. The van der Waals surface area contributed by atoms with E-state index < -0.39 is 5.97 Å². The van der Waals surface area contributed by atoms with Gasteiger partial charge in [-0.2, -0.15) is 10.1 Å². The highest BCUT2D eigenvalue weighted by Crippen LogP contribution is 2.28. The van der Waals surface area contributed by atoms with Gasteiger partial charge < -0.3 is 20.3 Å². The van der Waals surface area contributed by atoms with E-state index in [1.165, 1.54) is 6.07 Å². The van der Waals surface area contributed by atoms with Crippen molar-refractivity contribution >= 4 is 50.9 Å². The van der Waals surface area contributed by atoms with Crippen LogP contribution >= 0.6 is 0 Å². The van der Waals surface area contributed by atoms with Crippen molar-refractivity contribution in [1.82, 2.24) is 25.1 Å². The Hall–Kier alpha value is -4.40. The van der Waals surface area contributed by atoms with Crippen molar-refractivity contribution in [1.29, 1.82) is 0 Å². The minimum absolute atomic E-state index is 0.141. The standard InChI is InChI=1S/C21H17N7O2/c1-28(14-2-3-16-12(8-14)4-6-22-16)19-5-7-23-21(26-19)25-17-9-13(20(29)30)10-18-15(17)11-24-27-18/h2-11,22H,1H3,(H,24,27)(H,29,30)(H,23,25,26). The molecule has 0 aliphatic heterocycles. The molecular formula is C21H17N7O2. The first-order valence-electron chi connectivity index (χ1n) is 9.20. The summed E-state index contributed by atoms with van der Waals surface area (Å²) in [5.41, 5.74) is 3.37. The molecule has 148 valence electrons. The lowest BCUT2D eigenvalue weighted by atomic mass is 10.1. The predicted molar refractivity (Wildman–Crippen MR) is 115 cm³/mol. The van der Waals surface area contributed by atoms with Gasteiger partial charge in [0.25, 0.3) is 0 Å². The van der Waals surface area contributed by atoms with Crippen LogP contribution in [0.4, 0.5) is 23.1 Å². The quantitative estimate of drug-likeness (QED) is 0.352. The lowest BCUT2D eigenvalue weighted by molar-refractivity contribution is 0.0697. The smallest absolute Gasteiger partial charge is 0.335 e. The van der Waals surface area contributed by atoms with Gasteiger partial charge in [-0.3, -0.25) is 5.10 Å². The number of hydrogen-bond acceptors (Lipinski definition) is 6. The van der Waals surface area contributed by atoms with Crippen molar-refractivity contribution < 1.29 is 9.90 Å². The van der Waals surface area contributed by atoms with Crippen LogP contribution < -0.4 is 10.2 Å². The normalized spacial score (nSPS) is 11.1. The van der Waals surface area contributed by atoms with Crippen LogP contribution in [0.15, 0.2) is 61.1 Å². The van der Waals surface area contributed by atoms with Crippen LogP contribution in [0.25, 0.3) is 21.8 Å². The zero-order valence-corrected chi connectivity index (χ0v) is 15.9. The molecule has 0 amide bonds. The number of anilines is 4. The number of carboxylic acids is 1. The number of nitrogens with zero attached hydrogens (tertiary/aromatic N) is 4. The first-order chi connectivity index (χ1) is 14.6. The molecule has 0 unspecified atom stereocenters. The number of rotatable bonds is 5. The van der Waals surface area contributed by atoms with E-state index in [1.54, 1.807) is 18.5 Å². The van der Waals surface area contributed by atoms with Gasteiger partial charge in [-0.15, -0.1) is 0 Å². The summed E-state index contributed by atoms with van der Waals surface area (Å²) in [7, 11) is 1.93. The van der Waals surface area contributed by atoms with Crippen LogP contribution in [0.3, 0.4) is 0 Å². The number of aromatic amines is 2. The second-order valence-corrected chi connectivity index (χ2v) is 6.83. The van der Waals surface area contributed by atoms with Crippen molar-refractivity contribution in [2.75, 3.05) is 17.3 Å². The minimum atomic E-state index is -1.02. The number of hydrogen-bond donors (Lipinski definition) is 4. The van der Waals surface area contributed by atoms with Gasteiger partial charge >= 0.3 is 5.97 Å². The van der Waals surface area contributed by atoms with Gasteiger partial charge in [0.1, 0.15) is 5.82 Å². The Morgan fingerprint density at radius 2 is 2.03 bits per heavy atom. The molecule has 4 N–H and O–H groups in total. The van der Waals surface area contributed by atoms with Crippen molar-refractivity contribution in [2.24, 2.45) is 0 Å². The zero-order chi connectivity index (χ0) is 20.7. The van der Waals surface area contributed by atoms with E-state index in [2.05, 4.69) is 36.5 Å². The number of nitrogens with one attached hydrogen (secondary N) is 3. The molecular weight excluding hydrogens is 382 g/mol. The lowest BCUT2D eigenvalue weighted by Crippen LogP contribution is -2.12. The van der Waals surface area contributed by atoms with E-state index in [1.807, 2.05) is 42.4 Å². The van der Waals surface area contributed by atoms with Crippen LogP contribution in [-0.2, 0) is 0 Å². The Balaban J connectivity index is 1.48. The van der Waals surface area contributed by atoms with Gasteiger partial charge in [0.05, 0.1) is 23.0 Å². The summed E-state index contributed by atoms with van der Waals surface area (Å²) in [6.07, 6.45) is 5.19.